The van der Waals surface area contributed by atoms with Crippen LogP contribution in [0.3, 0.4) is 0 Å². The molecular formula is C31H37NO10. The first-order valence-electron chi connectivity index (χ1n) is 13.9. The van der Waals surface area contributed by atoms with E-state index in [-0.39, 0.29) is 38.9 Å². The summed E-state index contributed by atoms with van der Waals surface area (Å²) >= 11 is 0. The fraction of sp³-hybridized carbons (Fsp3) is 0.452. The first kappa shape index (κ1) is 32.1. The maximum atomic E-state index is 12.8. The summed E-state index contributed by atoms with van der Waals surface area (Å²) in [5.41, 5.74) is 0.889. The molecule has 1 aliphatic carbocycles. The lowest BCUT2D eigenvalue weighted by atomic mass is 9.70. The average Bonchev–Trinajstić information content (AvgIpc) is 3.01. The summed E-state index contributed by atoms with van der Waals surface area (Å²) < 4.78 is 15.3. The molecule has 0 radical (unpaired) electrons. The van der Waals surface area contributed by atoms with Gasteiger partial charge in [-0.3, -0.25) is 4.79 Å². The summed E-state index contributed by atoms with van der Waals surface area (Å²) in [6.45, 7) is -0.0553. The molecule has 11 heteroatoms. The second-order valence-corrected chi connectivity index (χ2v) is 10.3. The van der Waals surface area contributed by atoms with Gasteiger partial charge in [-0.25, -0.2) is 29.0 Å². The number of hydrogen-bond donors (Lipinski definition) is 1. The average molecular weight is 584 g/mol. The third-order valence-electron chi connectivity index (χ3n) is 7.06. The highest BCUT2D eigenvalue weighted by atomic mass is 17.2. The molecule has 0 saturated heterocycles. The first-order valence-corrected chi connectivity index (χ1v) is 13.9. The van der Waals surface area contributed by atoms with Crippen molar-refractivity contribution < 1.29 is 48.0 Å². The van der Waals surface area contributed by atoms with Gasteiger partial charge in [-0.1, -0.05) is 79.9 Å². The van der Waals surface area contributed by atoms with Crippen molar-refractivity contribution in [2.45, 2.75) is 77.0 Å². The van der Waals surface area contributed by atoms with Gasteiger partial charge in [0.15, 0.2) is 0 Å². The van der Waals surface area contributed by atoms with Crippen molar-refractivity contribution in [2.24, 2.45) is 5.41 Å². The van der Waals surface area contributed by atoms with Crippen LogP contribution in [0.2, 0.25) is 0 Å². The lowest BCUT2D eigenvalue weighted by molar-refractivity contribution is -0.261. The Morgan fingerprint density at radius 3 is 1.88 bits per heavy atom. The van der Waals surface area contributed by atoms with Crippen LogP contribution in [0.1, 0.15) is 68.9 Å². The Hall–Kier alpha value is -4.41. The first-order chi connectivity index (χ1) is 20.3. The van der Waals surface area contributed by atoms with E-state index < -0.39 is 41.4 Å². The van der Waals surface area contributed by atoms with Crippen LogP contribution in [0.15, 0.2) is 60.7 Å². The van der Waals surface area contributed by atoms with E-state index in [9.17, 15) is 24.0 Å². The Kier molecular flexibility index (Phi) is 12.8. The third kappa shape index (κ3) is 11.2. The predicted octanol–water partition coefficient (Wildman–Crippen LogP) is 4.71. The monoisotopic (exact) mass is 583 g/mol. The van der Waals surface area contributed by atoms with Gasteiger partial charge in [0, 0.05) is 0 Å². The molecular weight excluding hydrogens is 546 g/mol. The van der Waals surface area contributed by atoms with Crippen LogP contribution >= 0.6 is 0 Å². The number of benzene rings is 2. The molecule has 1 amide bonds. The van der Waals surface area contributed by atoms with Gasteiger partial charge in [-0.15, -0.1) is 0 Å². The summed E-state index contributed by atoms with van der Waals surface area (Å²) in [7, 11) is 1.29. The highest BCUT2D eigenvalue weighted by Crippen LogP contribution is 2.42. The van der Waals surface area contributed by atoms with Crippen LogP contribution in [0.25, 0.3) is 0 Å². The highest BCUT2D eigenvalue weighted by Gasteiger charge is 2.38. The smallest absolute Gasteiger partial charge is 0.408 e. The van der Waals surface area contributed by atoms with Crippen LogP contribution in [-0.2, 0) is 56.4 Å². The topological polar surface area (TPSA) is 144 Å². The Balaban J connectivity index is 1.51. The van der Waals surface area contributed by atoms with Gasteiger partial charge in [0.1, 0.15) is 19.3 Å². The summed E-state index contributed by atoms with van der Waals surface area (Å²) in [4.78, 5) is 71.5. The molecule has 1 aliphatic rings. The minimum absolute atomic E-state index is 0.0199. The van der Waals surface area contributed by atoms with E-state index in [2.05, 4.69) is 5.32 Å². The minimum atomic E-state index is -1.23. The van der Waals surface area contributed by atoms with E-state index in [4.69, 9.17) is 24.0 Å². The molecule has 0 unspecified atom stereocenters. The maximum Gasteiger partial charge on any atom is 0.408 e. The Morgan fingerprint density at radius 1 is 0.738 bits per heavy atom. The molecule has 0 heterocycles. The second kappa shape index (κ2) is 16.8. The zero-order valence-electron chi connectivity index (χ0n) is 23.7. The molecule has 3 rings (SSSR count). The van der Waals surface area contributed by atoms with E-state index in [1.54, 1.807) is 48.5 Å². The number of ether oxygens (including phenoxy) is 3. The van der Waals surface area contributed by atoms with Gasteiger partial charge >= 0.3 is 30.0 Å². The van der Waals surface area contributed by atoms with Gasteiger partial charge in [-0.05, 0) is 35.8 Å². The third-order valence-corrected chi connectivity index (χ3v) is 7.06. The molecule has 1 fully saturated rings. The lowest BCUT2D eigenvalue weighted by Gasteiger charge is -2.35. The number of amides is 1. The number of carbonyl (C=O) groups is 5. The SMILES string of the molecule is COC(=O)CC1(CC(=O)OOC(=O)CC[C@H](NC(=O)OCc2ccccc2)C(=O)OCc2ccccc2)CCCCC1. The molecule has 42 heavy (non-hydrogen) atoms. The molecule has 0 spiro atoms. The zero-order chi connectivity index (χ0) is 30.2. The number of hydrogen-bond acceptors (Lipinski definition) is 10. The summed E-state index contributed by atoms with van der Waals surface area (Å²) in [5.74, 6) is -2.89. The second-order valence-electron chi connectivity index (χ2n) is 10.3. The van der Waals surface area contributed by atoms with Crippen molar-refractivity contribution >= 4 is 30.0 Å². The quantitative estimate of drug-likeness (QED) is 0.152. The molecule has 1 atom stereocenters. The van der Waals surface area contributed by atoms with Gasteiger partial charge < -0.3 is 19.5 Å². The van der Waals surface area contributed by atoms with Crippen LogP contribution in [0.4, 0.5) is 4.79 Å². The minimum Gasteiger partial charge on any atom is -0.469 e. The molecule has 2 aromatic carbocycles. The van der Waals surface area contributed by atoms with Crippen LogP contribution in [0, 0.1) is 5.41 Å². The molecule has 2 aromatic rings. The van der Waals surface area contributed by atoms with E-state index in [1.165, 1.54) is 7.11 Å². The van der Waals surface area contributed by atoms with E-state index in [0.717, 1.165) is 30.4 Å². The fourth-order valence-electron chi connectivity index (χ4n) is 4.81. The van der Waals surface area contributed by atoms with Gasteiger partial charge in [0.25, 0.3) is 0 Å². The molecule has 0 aromatic heterocycles. The van der Waals surface area contributed by atoms with Crippen LogP contribution in [-0.4, -0.2) is 43.1 Å². The van der Waals surface area contributed by atoms with E-state index >= 15 is 0 Å². The van der Waals surface area contributed by atoms with Crippen molar-refractivity contribution in [1.82, 2.24) is 5.32 Å². The molecule has 11 nitrogen and oxygen atoms in total. The number of rotatable bonds is 13. The number of nitrogens with one attached hydrogen (secondary N) is 1. The highest BCUT2D eigenvalue weighted by molar-refractivity contribution is 5.82. The van der Waals surface area contributed by atoms with Crippen LogP contribution in [0.5, 0.6) is 0 Å². The number of alkyl carbamates (subject to hydrolysis) is 1. The Morgan fingerprint density at radius 2 is 1.29 bits per heavy atom. The van der Waals surface area contributed by atoms with Gasteiger partial charge in [-0.2, -0.15) is 0 Å². The van der Waals surface area contributed by atoms with Crippen LogP contribution < -0.4 is 5.32 Å². The van der Waals surface area contributed by atoms with Crippen molar-refractivity contribution in [2.75, 3.05) is 7.11 Å². The lowest BCUT2D eigenvalue weighted by Crippen LogP contribution is -2.42. The summed E-state index contributed by atoms with van der Waals surface area (Å²) in [6, 6.07) is 16.7. The number of carbonyl (C=O) groups excluding carboxylic acids is 5. The van der Waals surface area contributed by atoms with Crippen molar-refractivity contribution in [3.05, 3.63) is 71.8 Å². The Labute approximate surface area is 244 Å². The molecule has 1 saturated carbocycles. The van der Waals surface area contributed by atoms with Gasteiger partial charge in [0.2, 0.25) is 0 Å². The number of methoxy groups -OCH3 is 1. The van der Waals surface area contributed by atoms with Crippen molar-refractivity contribution in [1.29, 1.82) is 0 Å². The normalized spacial score (nSPS) is 14.5. The molecule has 0 aliphatic heterocycles. The largest absolute Gasteiger partial charge is 0.469 e. The fourth-order valence-corrected chi connectivity index (χ4v) is 4.81. The summed E-state index contributed by atoms with van der Waals surface area (Å²) in [6.07, 6.45) is 2.59. The standard InChI is InChI=1S/C31H37NO10/c1-38-27(34)19-31(17-9-4-10-18-31)20-28(35)42-41-26(33)16-15-25(29(36)39-21-23-11-5-2-6-12-23)32-30(37)40-22-24-13-7-3-8-14-24/h2-3,5-8,11-14,25H,4,9-10,15-22H2,1H3,(H,32,37)/t25-/m0/s1. The predicted molar refractivity (Wildman–Crippen MR) is 148 cm³/mol. The molecule has 0 bridgehead atoms. The maximum absolute atomic E-state index is 12.8. The molecule has 226 valence electrons. The van der Waals surface area contributed by atoms with Crippen molar-refractivity contribution in [3.63, 3.8) is 0 Å². The summed E-state index contributed by atoms with van der Waals surface area (Å²) in [5, 5.41) is 2.43. The van der Waals surface area contributed by atoms with Gasteiger partial charge in [0.05, 0.1) is 26.4 Å². The zero-order valence-corrected chi connectivity index (χ0v) is 23.7. The number of esters is 2. The van der Waals surface area contributed by atoms with E-state index in [0.29, 0.717) is 12.8 Å². The van der Waals surface area contributed by atoms with E-state index in [1.807, 2.05) is 12.1 Å². The van der Waals surface area contributed by atoms with Crippen molar-refractivity contribution in [3.8, 4) is 0 Å². The Bertz CT molecular complexity index is 1180. The molecule has 1 N–H and O–H groups in total.